The zero-order chi connectivity index (χ0) is 21.8. The quantitative estimate of drug-likeness (QED) is 0.735. The number of carbonyl (C=O) groups is 1. The lowest BCUT2D eigenvalue weighted by molar-refractivity contribution is -0.132. The van der Waals surface area contributed by atoms with E-state index in [9.17, 15) is 13.2 Å². The SMILES string of the molecule is NS(=O)(=O)c1ccc(N2CCN(CC(=O)N3CCN(c4ccccc4)CC3)CC2)cc1. The average molecular weight is 444 g/mol. The van der Waals surface area contributed by atoms with E-state index in [-0.39, 0.29) is 10.8 Å². The molecule has 2 aliphatic rings. The lowest BCUT2D eigenvalue weighted by atomic mass is 10.2. The molecule has 0 saturated carbocycles. The summed E-state index contributed by atoms with van der Waals surface area (Å²) in [4.78, 5) is 21.6. The van der Waals surface area contributed by atoms with Gasteiger partial charge >= 0.3 is 0 Å². The number of para-hydroxylation sites is 1. The maximum absolute atomic E-state index is 12.8. The van der Waals surface area contributed by atoms with E-state index in [4.69, 9.17) is 5.14 Å². The van der Waals surface area contributed by atoms with E-state index in [2.05, 4.69) is 26.8 Å². The average Bonchev–Trinajstić information content (AvgIpc) is 2.80. The molecule has 2 heterocycles. The number of hydrogen-bond donors (Lipinski definition) is 1. The molecule has 1 amide bonds. The highest BCUT2D eigenvalue weighted by Gasteiger charge is 2.25. The molecule has 0 atom stereocenters. The van der Waals surface area contributed by atoms with Crippen LogP contribution >= 0.6 is 0 Å². The summed E-state index contributed by atoms with van der Waals surface area (Å²) in [5.74, 6) is 0.193. The van der Waals surface area contributed by atoms with E-state index < -0.39 is 10.0 Å². The molecule has 2 saturated heterocycles. The van der Waals surface area contributed by atoms with Gasteiger partial charge in [0.15, 0.2) is 0 Å². The number of nitrogens with zero attached hydrogens (tertiary/aromatic N) is 4. The van der Waals surface area contributed by atoms with Crippen molar-refractivity contribution in [2.24, 2.45) is 5.14 Å². The molecule has 2 N–H and O–H groups in total. The van der Waals surface area contributed by atoms with Gasteiger partial charge in [0.2, 0.25) is 15.9 Å². The number of piperazine rings is 2. The highest BCUT2D eigenvalue weighted by atomic mass is 32.2. The molecule has 8 nitrogen and oxygen atoms in total. The summed E-state index contributed by atoms with van der Waals surface area (Å²) >= 11 is 0. The summed E-state index contributed by atoms with van der Waals surface area (Å²) in [6.45, 7) is 6.86. The van der Waals surface area contributed by atoms with Gasteiger partial charge in [0.05, 0.1) is 11.4 Å². The molecular formula is C22H29N5O3S. The van der Waals surface area contributed by atoms with Gasteiger partial charge in [0, 0.05) is 63.7 Å². The Morgan fingerprint density at radius 1 is 0.742 bits per heavy atom. The first-order chi connectivity index (χ1) is 14.9. The lowest BCUT2D eigenvalue weighted by Gasteiger charge is -2.39. The summed E-state index contributed by atoms with van der Waals surface area (Å²) in [6.07, 6.45) is 0. The second-order valence-electron chi connectivity index (χ2n) is 8.01. The number of primary sulfonamides is 1. The Morgan fingerprint density at radius 3 is 1.81 bits per heavy atom. The van der Waals surface area contributed by atoms with E-state index in [1.54, 1.807) is 12.1 Å². The van der Waals surface area contributed by atoms with Crippen molar-refractivity contribution in [1.29, 1.82) is 0 Å². The van der Waals surface area contributed by atoms with Crippen molar-refractivity contribution in [2.75, 3.05) is 68.7 Å². The van der Waals surface area contributed by atoms with Gasteiger partial charge in [-0.15, -0.1) is 0 Å². The number of nitrogens with two attached hydrogens (primary N) is 1. The number of hydrogen-bond acceptors (Lipinski definition) is 6. The van der Waals surface area contributed by atoms with E-state index >= 15 is 0 Å². The zero-order valence-electron chi connectivity index (χ0n) is 17.6. The highest BCUT2D eigenvalue weighted by molar-refractivity contribution is 7.89. The van der Waals surface area contributed by atoms with E-state index in [0.29, 0.717) is 6.54 Å². The molecule has 31 heavy (non-hydrogen) atoms. The van der Waals surface area contributed by atoms with Gasteiger partial charge in [-0.2, -0.15) is 0 Å². The monoisotopic (exact) mass is 443 g/mol. The fourth-order valence-electron chi connectivity index (χ4n) is 4.15. The topological polar surface area (TPSA) is 90.2 Å². The van der Waals surface area contributed by atoms with Crippen molar-refractivity contribution in [3.63, 3.8) is 0 Å². The lowest BCUT2D eigenvalue weighted by Crippen LogP contribution is -2.54. The summed E-state index contributed by atoms with van der Waals surface area (Å²) < 4.78 is 22.8. The third-order valence-electron chi connectivity index (χ3n) is 6.02. The zero-order valence-corrected chi connectivity index (χ0v) is 18.4. The first kappa shape index (κ1) is 21.6. The number of sulfonamides is 1. The molecule has 2 aromatic carbocycles. The van der Waals surface area contributed by atoms with Crippen LogP contribution in [0.4, 0.5) is 11.4 Å². The normalized spacial score (nSPS) is 18.3. The summed E-state index contributed by atoms with van der Waals surface area (Å²) in [6, 6.07) is 17.0. The second-order valence-corrected chi connectivity index (χ2v) is 9.57. The maximum atomic E-state index is 12.8. The number of benzene rings is 2. The molecule has 0 unspecified atom stereocenters. The Kier molecular flexibility index (Phi) is 6.45. The van der Waals surface area contributed by atoms with Crippen molar-refractivity contribution in [2.45, 2.75) is 4.90 Å². The van der Waals surface area contributed by atoms with Crippen molar-refractivity contribution < 1.29 is 13.2 Å². The van der Waals surface area contributed by atoms with Crippen LogP contribution < -0.4 is 14.9 Å². The molecule has 4 rings (SSSR count). The van der Waals surface area contributed by atoms with E-state index in [0.717, 1.165) is 58.0 Å². The van der Waals surface area contributed by atoms with Gasteiger partial charge in [0.1, 0.15) is 0 Å². The molecule has 166 valence electrons. The molecule has 0 radical (unpaired) electrons. The van der Waals surface area contributed by atoms with E-state index in [1.807, 2.05) is 23.1 Å². The molecule has 2 aromatic rings. The van der Waals surface area contributed by atoms with Crippen LogP contribution in [-0.4, -0.2) is 83.0 Å². The minimum absolute atomic E-state index is 0.118. The van der Waals surface area contributed by atoms with Crippen LogP contribution in [0.15, 0.2) is 59.5 Å². The van der Waals surface area contributed by atoms with Gasteiger partial charge in [-0.25, -0.2) is 13.6 Å². The Hall–Kier alpha value is -2.62. The van der Waals surface area contributed by atoms with Crippen molar-refractivity contribution >= 4 is 27.3 Å². The molecule has 2 fully saturated rings. The third-order valence-corrected chi connectivity index (χ3v) is 6.94. The minimum atomic E-state index is -3.67. The summed E-state index contributed by atoms with van der Waals surface area (Å²) in [7, 11) is -3.67. The molecule has 2 aliphatic heterocycles. The predicted molar refractivity (Wildman–Crippen MR) is 122 cm³/mol. The minimum Gasteiger partial charge on any atom is -0.369 e. The largest absolute Gasteiger partial charge is 0.369 e. The fourth-order valence-corrected chi connectivity index (χ4v) is 4.67. The Labute approximate surface area is 183 Å². The second kappa shape index (κ2) is 9.25. The summed E-state index contributed by atoms with van der Waals surface area (Å²) in [5, 5.41) is 5.16. The van der Waals surface area contributed by atoms with Crippen LogP contribution in [0.25, 0.3) is 0 Å². The van der Waals surface area contributed by atoms with Crippen molar-refractivity contribution in [3.05, 3.63) is 54.6 Å². The summed E-state index contributed by atoms with van der Waals surface area (Å²) in [5.41, 5.74) is 2.18. The Morgan fingerprint density at radius 2 is 1.26 bits per heavy atom. The number of carbonyl (C=O) groups excluding carboxylic acids is 1. The van der Waals surface area contributed by atoms with Crippen LogP contribution in [0.1, 0.15) is 0 Å². The molecule has 0 aromatic heterocycles. The number of rotatable bonds is 5. The molecule has 0 spiro atoms. The molecule has 9 heteroatoms. The smallest absolute Gasteiger partial charge is 0.238 e. The first-order valence-electron chi connectivity index (χ1n) is 10.6. The van der Waals surface area contributed by atoms with Crippen molar-refractivity contribution in [1.82, 2.24) is 9.80 Å². The van der Waals surface area contributed by atoms with Gasteiger partial charge < -0.3 is 14.7 Å². The number of anilines is 2. The molecule has 0 aliphatic carbocycles. The van der Waals surface area contributed by atoms with Crippen molar-refractivity contribution in [3.8, 4) is 0 Å². The standard InChI is InChI=1S/C22H29N5O3S/c23-31(29,30)21-8-6-20(7-9-21)25-12-10-24(11-13-25)18-22(28)27-16-14-26(15-17-27)19-4-2-1-3-5-19/h1-9H,10-18H2,(H2,23,29,30). The molecule has 0 bridgehead atoms. The van der Waals surface area contributed by atoms with Gasteiger partial charge in [-0.1, -0.05) is 18.2 Å². The highest BCUT2D eigenvalue weighted by Crippen LogP contribution is 2.19. The van der Waals surface area contributed by atoms with Gasteiger partial charge in [0.25, 0.3) is 0 Å². The van der Waals surface area contributed by atoms with Crippen LogP contribution in [0, 0.1) is 0 Å². The van der Waals surface area contributed by atoms with E-state index in [1.165, 1.54) is 17.8 Å². The van der Waals surface area contributed by atoms with Gasteiger partial charge in [-0.05, 0) is 36.4 Å². The predicted octanol–water partition coefficient (Wildman–Crippen LogP) is 0.805. The fraction of sp³-hybridized carbons (Fsp3) is 0.409. The Balaban J connectivity index is 1.23. The Bertz CT molecular complexity index is 982. The molecular weight excluding hydrogens is 414 g/mol. The van der Waals surface area contributed by atoms with Crippen LogP contribution in [0.5, 0.6) is 0 Å². The maximum Gasteiger partial charge on any atom is 0.238 e. The van der Waals surface area contributed by atoms with Crippen LogP contribution in [0.3, 0.4) is 0 Å². The van der Waals surface area contributed by atoms with Crippen LogP contribution in [0.2, 0.25) is 0 Å². The van der Waals surface area contributed by atoms with Gasteiger partial charge in [-0.3, -0.25) is 9.69 Å². The third kappa shape index (κ3) is 5.36. The first-order valence-corrected chi connectivity index (χ1v) is 12.1. The van der Waals surface area contributed by atoms with Crippen LogP contribution in [-0.2, 0) is 14.8 Å². The number of amides is 1.